The molecule has 6 rings (SSSR count). The first-order valence-corrected chi connectivity index (χ1v) is 16.9. The SMILES string of the molecule is CCC1CC(N2CCC(c3cc(C)c4nc(-c5ccc(S(C)(=O)=O)cc5)cn4c3)CC2)CC(C)N1C1CCC1. The highest BCUT2D eigenvalue weighted by atomic mass is 32.2. The lowest BCUT2D eigenvalue weighted by molar-refractivity contribution is -0.0295. The van der Waals surface area contributed by atoms with Crippen LogP contribution < -0.4 is 0 Å². The maximum absolute atomic E-state index is 11.8. The highest BCUT2D eigenvalue weighted by Gasteiger charge is 2.40. The number of aromatic nitrogens is 2. The Morgan fingerprint density at radius 1 is 0.974 bits per heavy atom. The van der Waals surface area contributed by atoms with Gasteiger partial charge in [0.2, 0.25) is 0 Å². The van der Waals surface area contributed by atoms with Crippen LogP contribution in [-0.4, -0.2) is 71.1 Å². The lowest BCUT2D eigenvalue weighted by Gasteiger charge is -2.53. The molecule has 0 N–H and O–H groups in total. The third-order valence-electron chi connectivity index (χ3n) is 9.91. The summed E-state index contributed by atoms with van der Waals surface area (Å²) in [6, 6.07) is 12.4. The molecule has 0 bridgehead atoms. The van der Waals surface area contributed by atoms with Crippen molar-refractivity contribution in [2.45, 2.75) is 107 Å². The summed E-state index contributed by atoms with van der Waals surface area (Å²) >= 11 is 0. The fraction of sp³-hybridized carbons (Fsp3) is 0.594. The molecule has 39 heavy (non-hydrogen) atoms. The van der Waals surface area contributed by atoms with Crippen LogP contribution in [0.2, 0.25) is 0 Å². The van der Waals surface area contributed by atoms with E-state index in [-0.39, 0.29) is 0 Å². The average molecular weight is 549 g/mol. The third-order valence-corrected chi connectivity index (χ3v) is 11.0. The number of piperidine rings is 2. The highest BCUT2D eigenvalue weighted by Crippen LogP contribution is 2.38. The molecule has 0 spiro atoms. The van der Waals surface area contributed by atoms with Crippen LogP contribution in [0.25, 0.3) is 16.9 Å². The maximum atomic E-state index is 11.8. The first-order chi connectivity index (χ1) is 18.7. The quantitative estimate of drug-likeness (QED) is 0.374. The van der Waals surface area contributed by atoms with Gasteiger partial charge in [-0.05, 0) is 101 Å². The number of likely N-dealkylation sites (tertiary alicyclic amines) is 2. The van der Waals surface area contributed by atoms with Crippen LogP contribution in [-0.2, 0) is 9.84 Å². The summed E-state index contributed by atoms with van der Waals surface area (Å²) in [5.74, 6) is 0.582. The molecule has 2 aromatic heterocycles. The van der Waals surface area contributed by atoms with E-state index in [0.29, 0.717) is 16.9 Å². The number of sulfone groups is 1. The summed E-state index contributed by atoms with van der Waals surface area (Å²) in [5.41, 5.74) is 5.38. The minimum atomic E-state index is -3.21. The first-order valence-electron chi connectivity index (χ1n) is 15.0. The zero-order valence-electron chi connectivity index (χ0n) is 24.0. The van der Waals surface area contributed by atoms with Gasteiger partial charge in [0.15, 0.2) is 9.84 Å². The molecule has 2 aliphatic heterocycles. The molecule has 0 radical (unpaired) electrons. The van der Waals surface area contributed by atoms with Crippen LogP contribution in [0.5, 0.6) is 0 Å². The Bertz CT molecular complexity index is 1420. The summed E-state index contributed by atoms with van der Waals surface area (Å²) in [6.45, 7) is 9.42. The van der Waals surface area contributed by atoms with E-state index < -0.39 is 9.84 Å². The fourth-order valence-electron chi connectivity index (χ4n) is 7.56. The predicted octanol–water partition coefficient (Wildman–Crippen LogP) is 6.08. The molecular formula is C32H44N4O2S. The van der Waals surface area contributed by atoms with Crippen molar-refractivity contribution in [3.63, 3.8) is 0 Å². The van der Waals surface area contributed by atoms with Crippen molar-refractivity contribution in [2.24, 2.45) is 0 Å². The normalized spacial score (nSPS) is 26.2. The summed E-state index contributed by atoms with van der Waals surface area (Å²) < 4.78 is 25.8. The topological polar surface area (TPSA) is 57.9 Å². The van der Waals surface area contributed by atoms with E-state index in [1.807, 2.05) is 12.1 Å². The molecule has 3 atom stereocenters. The number of imidazole rings is 1. The van der Waals surface area contributed by atoms with Crippen molar-refractivity contribution in [3.05, 3.63) is 53.9 Å². The van der Waals surface area contributed by atoms with E-state index in [4.69, 9.17) is 4.98 Å². The van der Waals surface area contributed by atoms with Crippen molar-refractivity contribution < 1.29 is 8.42 Å². The van der Waals surface area contributed by atoms with Gasteiger partial charge in [-0.15, -0.1) is 0 Å². The van der Waals surface area contributed by atoms with E-state index in [0.717, 1.165) is 35.0 Å². The molecule has 6 nitrogen and oxygen atoms in total. The zero-order valence-corrected chi connectivity index (χ0v) is 24.8. The Labute approximate surface area is 234 Å². The summed E-state index contributed by atoms with van der Waals surface area (Å²) in [4.78, 5) is 10.9. The molecular weight excluding hydrogens is 504 g/mol. The molecule has 210 valence electrons. The molecule has 2 saturated heterocycles. The van der Waals surface area contributed by atoms with Gasteiger partial charge >= 0.3 is 0 Å². The van der Waals surface area contributed by atoms with Gasteiger partial charge in [-0.3, -0.25) is 4.90 Å². The molecule has 0 amide bonds. The predicted molar refractivity (Wildman–Crippen MR) is 158 cm³/mol. The highest BCUT2D eigenvalue weighted by molar-refractivity contribution is 7.90. The van der Waals surface area contributed by atoms with Crippen molar-refractivity contribution >= 4 is 15.5 Å². The Morgan fingerprint density at radius 2 is 1.69 bits per heavy atom. The van der Waals surface area contributed by atoms with Crippen LogP contribution in [0.4, 0.5) is 0 Å². The Morgan fingerprint density at radius 3 is 2.31 bits per heavy atom. The number of benzene rings is 1. The molecule has 3 aromatic rings. The number of aryl methyl sites for hydroxylation is 1. The molecule has 1 saturated carbocycles. The zero-order chi connectivity index (χ0) is 27.3. The van der Waals surface area contributed by atoms with Crippen LogP contribution in [0, 0.1) is 6.92 Å². The second-order valence-electron chi connectivity index (χ2n) is 12.5. The van der Waals surface area contributed by atoms with Gasteiger partial charge in [0, 0.05) is 48.4 Å². The fourth-order valence-corrected chi connectivity index (χ4v) is 8.19. The molecule has 1 aromatic carbocycles. The van der Waals surface area contributed by atoms with Crippen molar-refractivity contribution in [1.82, 2.24) is 19.2 Å². The maximum Gasteiger partial charge on any atom is 0.175 e. The molecule has 7 heteroatoms. The largest absolute Gasteiger partial charge is 0.306 e. The Kier molecular flexibility index (Phi) is 7.36. The van der Waals surface area contributed by atoms with Crippen molar-refractivity contribution in [1.29, 1.82) is 0 Å². The molecule has 3 unspecified atom stereocenters. The van der Waals surface area contributed by atoms with Crippen LogP contribution in [0.15, 0.2) is 47.6 Å². The standard InChI is InChI=1S/C32H44N4O2S/c1-5-27-19-29(18-23(3)36(27)28-7-6-8-28)34-15-13-24(14-16-34)26-17-22(2)32-33-31(21-35(32)20-26)25-9-11-30(12-10-25)39(4,37)38/h9-12,17,20-21,23-24,27-29H,5-8,13-16,18-19H2,1-4H3. The number of nitrogens with zero attached hydrogens (tertiary/aromatic N) is 4. The number of hydrogen-bond donors (Lipinski definition) is 0. The van der Waals surface area contributed by atoms with E-state index in [1.165, 1.54) is 81.8 Å². The van der Waals surface area contributed by atoms with Crippen LogP contribution in [0.1, 0.15) is 82.3 Å². The van der Waals surface area contributed by atoms with Gasteiger partial charge in [-0.1, -0.05) is 31.5 Å². The van der Waals surface area contributed by atoms with E-state index in [9.17, 15) is 8.42 Å². The van der Waals surface area contributed by atoms with Crippen molar-refractivity contribution in [2.75, 3.05) is 19.3 Å². The summed E-state index contributed by atoms with van der Waals surface area (Å²) in [7, 11) is -3.21. The van der Waals surface area contributed by atoms with Gasteiger partial charge in [0.05, 0.1) is 10.6 Å². The second-order valence-corrected chi connectivity index (χ2v) is 14.5. The monoisotopic (exact) mass is 548 g/mol. The van der Waals surface area contributed by atoms with Gasteiger partial charge in [0.1, 0.15) is 5.65 Å². The van der Waals surface area contributed by atoms with Gasteiger partial charge in [0.25, 0.3) is 0 Å². The van der Waals surface area contributed by atoms with Gasteiger partial charge in [-0.2, -0.15) is 0 Å². The summed E-state index contributed by atoms with van der Waals surface area (Å²) in [6.07, 6.45) is 16.2. The molecule has 1 aliphatic carbocycles. The van der Waals surface area contributed by atoms with Crippen molar-refractivity contribution in [3.8, 4) is 11.3 Å². The number of rotatable bonds is 6. The summed E-state index contributed by atoms with van der Waals surface area (Å²) in [5, 5.41) is 0. The number of pyridine rings is 1. The molecule has 3 fully saturated rings. The molecule has 4 heterocycles. The number of fused-ring (bicyclic) bond motifs is 1. The average Bonchev–Trinajstić information content (AvgIpc) is 3.33. The van der Waals surface area contributed by atoms with E-state index in [2.05, 4.69) is 53.4 Å². The van der Waals surface area contributed by atoms with Crippen LogP contribution >= 0.6 is 0 Å². The van der Waals surface area contributed by atoms with Gasteiger partial charge < -0.3 is 9.30 Å². The minimum Gasteiger partial charge on any atom is -0.306 e. The first kappa shape index (κ1) is 27.0. The lowest BCUT2D eigenvalue weighted by atomic mass is 9.81. The third kappa shape index (κ3) is 5.30. The smallest absolute Gasteiger partial charge is 0.175 e. The minimum absolute atomic E-state index is 0.336. The second kappa shape index (κ2) is 10.6. The Balaban J connectivity index is 1.14. The van der Waals surface area contributed by atoms with E-state index >= 15 is 0 Å². The van der Waals surface area contributed by atoms with Crippen LogP contribution in [0.3, 0.4) is 0 Å². The van der Waals surface area contributed by atoms with Gasteiger partial charge in [-0.25, -0.2) is 13.4 Å². The molecule has 3 aliphatic rings. The van der Waals surface area contributed by atoms with E-state index in [1.54, 1.807) is 12.1 Å². The number of hydrogen-bond acceptors (Lipinski definition) is 5. The Hall–Kier alpha value is -2.22. The lowest BCUT2D eigenvalue weighted by Crippen LogP contribution is -2.59.